The van der Waals surface area contributed by atoms with Crippen molar-refractivity contribution in [3.63, 3.8) is 0 Å². The summed E-state index contributed by atoms with van der Waals surface area (Å²) in [6.07, 6.45) is 1.74. The Morgan fingerprint density at radius 3 is 2.56 bits per heavy atom. The third-order valence-electron chi connectivity index (χ3n) is 3.45. The number of methoxy groups -OCH3 is 2. The van der Waals surface area contributed by atoms with E-state index in [9.17, 15) is 9.90 Å². The van der Waals surface area contributed by atoms with Crippen LogP contribution in [-0.2, 0) is 4.79 Å². The quantitative estimate of drug-likeness (QED) is 0.822. The van der Waals surface area contributed by atoms with Gasteiger partial charge in [0, 0.05) is 5.56 Å². The molecule has 0 radical (unpaired) electrons. The normalized spacial score (nSPS) is 17.0. The molecule has 128 valence electrons. The number of carbonyl (C=O) groups excluding carboxylic acids is 1. The summed E-state index contributed by atoms with van der Waals surface area (Å²) in [5, 5.41) is 12.5. The summed E-state index contributed by atoms with van der Waals surface area (Å²) < 4.78 is 10.5. The number of phenolic OH excluding ortho intramolecular Hbond substituents is 1. The number of rotatable bonds is 4. The van der Waals surface area contributed by atoms with Crippen LogP contribution in [0.5, 0.6) is 17.2 Å². The Bertz CT molecular complexity index is 860. The summed E-state index contributed by atoms with van der Waals surface area (Å²) in [6, 6.07) is 11.8. The van der Waals surface area contributed by atoms with E-state index >= 15 is 0 Å². The molecule has 0 aromatic heterocycles. The molecule has 1 amide bonds. The van der Waals surface area contributed by atoms with Crippen molar-refractivity contribution >= 4 is 34.6 Å². The fraction of sp³-hybridized carbons (Fsp3) is 0.111. The van der Waals surface area contributed by atoms with Crippen LogP contribution in [0, 0.1) is 0 Å². The lowest BCUT2D eigenvalue weighted by atomic mass is 10.1. The summed E-state index contributed by atoms with van der Waals surface area (Å²) in [5.74, 6) is 1.25. The molecule has 2 aromatic carbocycles. The van der Waals surface area contributed by atoms with E-state index in [2.05, 4.69) is 10.3 Å². The minimum absolute atomic E-state index is 0.165. The van der Waals surface area contributed by atoms with Crippen molar-refractivity contribution in [1.82, 2.24) is 5.32 Å². The number of hydrogen-bond acceptors (Lipinski definition) is 6. The van der Waals surface area contributed by atoms with Gasteiger partial charge >= 0.3 is 0 Å². The van der Waals surface area contributed by atoms with Crippen molar-refractivity contribution in [2.45, 2.75) is 0 Å². The van der Waals surface area contributed by atoms with E-state index in [1.54, 1.807) is 62.8 Å². The summed E-state index contributed by atoms with van der Waals surface area (Å²) in [4.78, 5) is 17.1. The van der Waals surface area contributed by atoms with Gasteiger partial charge in [-0.05, 0) is 60.3 Å². The van der Waals surface area contributed by atoms with Gasteiger partial charge in [-0.3, -0.25) is 4.79 Å². The molecule has 0 atom stereocenters. The van der Waals surface area contributed by atoms with Crippen LogP contribution >= 0.6 is 11.8 Å². The van der Waals surface area contributed by atoms with Crippen LogP contribution in [0.25, 0.3) is 6.08 Å². The molecule has 1 saturated heterocycles. The predicted molar refractivity (Wildman–Crippen MR) is 98.5 cm³/mol. The Morgan fingerprint density at radius 2 is 1.88 bits per heavy atom. The molecule has 1 aliphatic rings. The topological polar surface area (TPSA) is 80.2 Å². The average Bonchev–Trinajstić information content (AvgIpc) is 2.96. The average molecular weight is 356 g/mol. The molecule has 1 fully saturated rings. The molecule has 6 nitrogen and oxygen atoms in total. The van der Waals surface area contributed by atoms with E-state index < -0.39 is 0 Å². The molecule has 2 N–H and O–H groups in total. The van der Waals surface area contributed by atoms with Crippen LogP contribution in [0.1, 0.15) is 5.56 Å². The second-order valence-corrected chi connectivity index (χ2v) is 6.14. The van der Waals surface area contributed by atoms with E-state index in [1.165, 1.54) is 11.8 Å². The van der Waals surface area contributed by atoms with Gasteiger partial charge in [0.25, 0.3) is 5.91 Å². The molecular weight excluding hydrogens is 340 g/mol. The van der Waals surface area contributed by atoms with Crippen LogP contribution in [0.2, 0.25) is 0 Å². The number of amides is 1. The number of nitrogens with zero attached hydrogens (tertiary/aromatic N) is 1. The number of thioether (sulfide) groups is 1. The number of aliphatic imine (C=N–C) groups is 1. The van der Waals surface area contributed by atoms with Crippen molar-refractivity contribution < 1.29 is 19.4 Å². The van der Waals surface area contributed by atoms with Crippen LogP contribution in [0.4, 0.5) is 5.69 Å². The van der Waals surface area contributed by atoms with E-state index in [4.69, 9.17) is 9.47 Å². The molecule has 7 heteroatoms. The van der Waals surface area contributed by atoms with E-state index in [0.717, 1.165) is 5.56 Å². The lowest BCUT2D eigenvalue weighted by molar-refractivity contribution is -0.115. The number of phenols is 1. The molecule has 25 heavy (non-hydrogen) atoms. The molecule has 3 rings (SSSR count). The van der Waals surface area contributed by atoms with Crippen molar-refractivity contribution in [1.29, 1.82) is 0 Å². The van der Waals surface area contributed by atoms with Crippen LogP contribution in [0.3, 0.4) is 0 Å². The molecule has 0 spiro atoms. The standard InChI is InChI=1S/C18H16N2O4S/c1-23-14-7-8-15(24-2)11(9-14)10-16-17(22)20-18(25-16)19-12-3-5-13(21)6-4-12/h3-10,21H,1-2H3,(H,19,20,22)/b16-10-. The van der Waals surface area contributed by atoms with Crippen LogP contribution in [-0.4, -0.2) is 30.4 Å². The third kappa shape index (κ3) is 3.95. The second kappa shape index (κ2) is 7.31. The third-order valence-corrected chi connectivity index (χ3v) is 4.36. The van der Waals surface area contributed by atoms with Crippen molar-refractivity contribution in [2.75, 3.05) is 14.2 Å². The first kappa shape index (κ1) is 16.9. The number of carbonyl (C=O) groups is 1. The fourth-order valence-corrected chi connectivity index (χ4v) is 3.05. The highest BCUT2D eigenvalue weighted by molar-refractivity contribution is 8.18. The minimum atomic E-state index is -0.229. The molecule has 2 aromatic rings. The molecule has 0 bridgehead atoms. The van der Waals surface area contributed by atoms with Crippen molar-refractivity contribution in [3.05, 3.63) is 52.9 Å². The first-order chi connectivity index (χ1) is 12.1. The number of nitrogens with one attached hydrogen (secondary N) is 1. The number of benzene rings is 2. The predicted octanol–water partition coefficient (Wildman–Crippen LogP) is 3.30. The molecule has 0 unspecified atom stereocenters. The second-order valence-electron chi connectivity index (χ2n) is 5.11. The maximum atomic E-state index is 12.2. The molecule has 1 aliphatic heterocycles. The number of aromatic hydroxyl groups is 1. The Kier molecular flexibility index (Phi) is 4.95. The maximum Gasteiger partial charge on any atom is 0.264 e. The molecule has 0 saturated carbocycles. The number of hydrogen-bond donors (Lipinski definition) is 2. The van der Waals surface area contributed by atoms with Gasteiger partial charge in [-0.1, -0.05) is 0 Å². The summed E-state index contributed by atoms with van der Waals surface area (Å²) in [5.41, 5.74) is 1.38. The van der Waals surface area contributed by atoms with Gasteiger partial charge in [0.1, 0.15) is 17.2 Å². The van der Waals surface area contributed by atoms with Gasteiger partial charge in [0.05, 0.1) is 24.8 Å². The van der Waals surface area contributed by atoms with Gasteiger partial charge in [-0.15, -0.1) is 0 Å². The zero-order valence-corrected chi connectivity index (χ0v) is 14.5. The van der Waals surface area contributed by atoms with Crippen molar-refractivity contribution in [2.24, 2.45) is 4.99 Å². The van der Waals surface area contributed by atoms with Gasteiger partial charge in [-0.2, -0.15) is 0 Å². The number of amidine groups is 1. The van der Waals surface area contributed by atoms with E-state index in [-0.39, 0.29) is 11.7 Å². The van der Waals surface area contributed by atoms with Crippen LogP contribution < -0.4 is 14.8 Å². The Hall–Kier alpha value is -2.93. The highest BCUT2D eigenvalue weighted by Gasteiger charge is 2.24. The largest absolute Gasteiger partial charge is 0.508 e. The van der Waals surface area contributed by atoms with Gasteiger partial charge in [0.2, 0.25) is 0 Å². The highest BCUT2D eigenvalue weighted by Crippen LogP contribution is 2.32. The zero-order chi connectivity index (χ0) is 17.8. The molecule has 1 heterocycles. The molecular formula is C18H16N2O4S. The lowest BCUT2D eigenvalue weighted by Gasteiger charge is -2.07. The van der Waals surface area contributed by atoms with Gasteiger partial charge < -0.3 is 19.9 Å². The van der Waals surface area contributed by atoms with E-state index in [0.29, 0.717) is 27.3 Å². The van der Waals surface area contributed by atoms with Gasteiger partial charge in [0.15, 0.2) is 5.17 Å². The van der Waals surface area contributed by atoms with Gasteiger partial charge in [-0.25, -0.2) is 4.99 Å². The summed E-state index contributed by atoms with van der Waals surface area (Å²) in [7, 11) is 3.15. The SMILES string of the molecule is COc1ccc(OC)c(/C=C2\SC(=Nc3ccc(O)cc3)NC2=O)c1. The fourth-order valence-electron chi connectivity index (χ4n) is 2.22. The highest BCUT2D eigenvalue weighted by atomic mass is 32.2. The smallest absolute Gasteiger partial charge is 0.264 e. The first-order valence-electron chi connectivity index (χ1n) is 7.39. The number of ether oxygens (including phenoxy) is 2. The monoisotopic (exact) mass is 356 g/mol. The van der Waals surface area contributed by atoms with E-state index in [1.807, 2.05) is 0 Å². The maximum absolute atomic E-state index is 12.2. The Balaban J connectivity index is 1.87. The minimum Gasteiger partial charge on any atom is -0.508 e. The molecule has 0 aliphatic carbocycles. The Labute approximate surface area is 149 Å². The Morgan fingerprint density at radius 1 is 1.12 bits per heavy atom. The lowest BCUT2D eigenvalue weighted by Crippen LogP contribution is -2.19. The first-order valence-corrected chi connectivity index (χ1v) is 8.21. The van der Waals surface area contributed by atoms with Crippen LogP contribution in [0.15, 0.2) is 52.4 Å². The van der Waals surface area contributed by atoms with Crippen molar-refractivity contribution in [3.8, 4) is 17.2 Å². The summed E-state index contributed by atoms with van der Waals surface area (Å²) in [6.45, 7) is 0. The summed E-state index contributed by atoms with van der Waals surface area (Å²) >= 11 is 1.24. The zero-order valence-electron chi connectivity index (χ0n) is 13.6.